The molecule has 0 saturated heterocycles. The summed E-state index contributed by atoms with van der Waals surface area (Å²) in [5, 5.41) is 3.62. The van der Waals surface area contributed by atoms with Gasteiger partial charge in [0.15, 0.2) is 0 Å². The lowest BCUT2D eigenvalue weighted by molar-refractivity contribution is 0.00726. The standard InChI is InChI=1S/C15H23ClFNO/c1-5-18-12(10-15(2,3)19-4)8-11-6-7-14(17)13(16)9-11/h6-7,9,12,18H,5,8,10H2,1-4H3. The van der Waals surface area contributed by atoms with E-state index in [9.17, 15) is 4.39 Å². The Balaban J connectivity index is 2.74. The molecule has 0 fully saturated rings. The minimum Gasteiger partial charge on any atom is -0.379 e. The number of nitrogens with one attached hydrogen (secondary N) is 1. The Kier molecular flexibility index (Phi) is 6.24. The fraction of sp³-hybridized carbons (Fsp3) is 0.600. The zero-order valence-corrected chi connectivity index (χ0v) is 12.9. The van der Waals surface area contributed by atoms with Crippen molar-refractivity contribution in [3.8, 4) is 0 Å². The summed E-state index contributed by atoms with van der Waals surface area (Å²) in [6, 6.07) is 5.18. The van der Waals surface area contributed by atoms with Crippen LogP contribution in [0.15, 0.2) is 18.2 Å². The molecule has 0 radical (unpaired) electrons. The largest absolute Gasteiger partial charge is 0.379 e. The second-order valence-electron chi connectivity index (χ2n) is 5.38. The van der Waals surface area contributed by atoms with Crippen LogP contribution in [0.1, 0.15) is 32.8 Å². The molecule has 0 amide bonds. The molecule has 1 aromatic rings. The topological polar surface area (TPSA) is 21.3 Å². The maximum absolute atomic E-state index is 13.1. The van der Waals surface area contributed by atoms with Crippen molar-refractivity contribution in [2.45, 2.75) is 45.3 Å². The van der Waals surface area contributed by atoms with Gasteiger partial charge in [-0.3, -0.25) is 0 Å². The van der Waals surface area contributed by atoms with E-state index in [1.54, 1.807) is 19.2 Å². The van der Waals surface area contributed by atoms with Crippen LogP contribution in [0.5, 0.6) is 0 Å². The Labute approximate surface area is 120 Å². The molecule has 0 bridgehead atoms. The van der Waals surface area contributed by atoms with Gasteiger partial charge in [0.25, 0.3) is 0 Å². The molecular weight excluding hydrogens is 265 g/mol. The minimum absolute atomic E-state index is 0.179. The molecule has 1 unspecified atom stereocenters. The summed E-state index contributed by atoms with van der Waals surface area (Å²) in [5.41, 5.74) is 0.848. The van der Waals surface area contributed by atoms with Crippen LogP contribution in [0.2, 0.25) is 5.02 Å². The zero-order valence-electron chi connectivity index (χ0n) is 12.1. The number of rotatable bonds is 7. The van der Waals surface area contributed by atoms with Gasteiger partial charge in [0.1, 0.15) is 5.82 Å². The van der Waals surface area contributed by atoms with Crippen LogP contribution < -0.4 is 5.32 Å². The highest BCUT2D eigenvalue weighted by atomic mass is 35.5. The van der Waals surface area contributed by atoms with Gasteiger partial charge in [0.2, 0.25) is 0 Å². The molecule has 0 heterocycles. The number of benzene rings is 1. The zero-order chi connectivity index (χ0) is 14.5. The average Bonchev–Trinajstić information content (AvgIpc) is 2.34. The van der Waals surface area contributed by atoms with Gasteiger partial charge in [-0.2, -0.15) is 0 Å². The lowest BCUT2D eigenvalue weighted by Crippen LogP contribution is -2.39. The Morgan fingerprint density at radius 1 is 1.42 bits per heavy atom. The van der Waals surface area contributed by atoms with Crippen molar-refractivity contribution in [1.82, 2.24) is 5.32 Å². The van der Waals surface area contributed by atoms with Crippen molar-refractivity contribution in [3.63, 3.8) is 0 Å². The Bertz CT molecular complexity index is 409. The lowest BCUT2D eigenvalue weighted by atomic mass is 9.94. The normalized spacial score (nSPS) is 13.6. The quantitative estimate of drug-likeness (QED) is 0.823. The van der Waals surface area contributed by atoms with Crippen molar-refractivity contribution >= 4 is 11.6 Å². The molecule has 0 spiro atoms. The van der Waals surface area contributed by atoms with Gasteiger partial charge in [0, 0.05) is 13.2 Å². The molecule has 4 heteroatoms. The van der Waals surface area contributed by atoms with Crippen molar-refractivity contribution in [1.29, 1.82) is 0 Å². The van der Waals surface area contributed by atoms with E-state index in [1.807, 2.05) is 0 Å². The first-order valence-corrected chi connectivity index (χ1v) is 6.98. The monoisotopic (exact) mass is 287 g/mol. The van der Waals surface area contributed by atoms with Gasteiger partial charge in [-0.1, -0.05) is 24.6 Å². The van der Waals surface area contributed by atoms with Crippen LogP contribution in [-0.4, -0.2) is 25.3 Å². The molecule has 0 aliphatic carbocycles. The number of methoxy groups -OCH3 is 1. The van der Waals surface area contributed by atoms with Crippen LogP contribution in [-0.2, 0) is 11.2 Å². The summed E-state index contributed by atoms with van der Waals surface area (Å²) in [5.74, 6) is -0.373. The van der Waals surface area contributed by atoms with Crippen LogP contribution in [0, 0.1) is 5.82 Å². The molecule has 0 saturated carbocycles. The molecule has 108 valence electrons. The molecule has 1 rings (SSSR count). The summed E-state index contributed by atoms with van der Waals surface area (Å²) in [7, 11) is 1.72. The lowest BCUT2D eigenvalue weighted by Gasteiger charge is -2.29. The minimum atomic E-state index is -0.373. The number of hydrogen-bond acceptors (Lipinski definition) is 2. The molecule has 1 aromatic carbocycles. The van der Waals surface area contributed by atoms with Crippen LogP contribution in [0.3, 0.4) is 0 Å². The molecule has 0 aromatic heterocycles. The SMILES string of the molecule is CCNC(Cc1ccc(F)c(Cl)c1)CC(C)(C)OC. The third kappa shape index (κ3) is 5.47. The summed E-state index contributed by atoms with van der Waals surface area (Å²) < 4.78 is 18.6. The Morgan fingerprint density at radius 3 is 2.63 bits per heavy atom. The van der Waals surface area contributed by atoms with E-state index >= 15 is 0 Å². The smallest absolute Gasteiger partial charge is 0.141 e. The molecule has 1 atom stereocenters. The fourth-order valence-electron chi connectivity index (χ4n) is 2.13. The van der Waals surface area contributed by atoms with Crippen molar-refractivity contribution in [2.75, 3.05) is 13.7 Å². The van der Waals surface area contributed by atoms with Gasteiger partial charge < -0.3 is 10.1 Å². The van der Waals surface area contributed by atoms with E-state index in [0.717, 1.165) is 24.9 Å². The predicted octanol–water partition coefficient (Wildman–Crippen LogP) is 3.81. The third-order valence-corrected chi connectivity index (χ3v) is 3.54. The van der Waals surface area contributed by atoms with E-state index in [0.29, 0.717) is 0 Å². The van der Waals surface area contributed by atoms with Crippen molar-refractivity contribution in [2.24, 2.45) is 0 Å². The van der Waals surface area contributed by atoms with Gasteiger partial charge in [-0.25, -0.2) is 4.39 Å². The van der Waals surface area contributed by atoms with Gasteiger partial charge in [-0.15, -0.1) is 0 Å². The number of ether oxygens (including phenoxy) is 1. The van der Waals surface area contributed by atoms with E-state index in [2.05, 4.69) is 26.1 Å². The molecule has 0 aliphatic rings. The number of halogens is 2. The van der Waals surface area contributed by atoms with E-state index in [-0.39, 0.29) is 22.5 Å². The predicted molar refractivity (Wildman–Crippen MR) is 78.3 cm³/mol. The summed E-state index contributed by atoms with van der Waals surface area (Å²) in [4.78, 5) is 0. The number of hydrogen-bond donors (Lipinski definition) is 1. The number of likely N-dealkylation sites (N-methyl/N-ethyl adjacent to an activating group) is 1. The van der Waals surface area contributed by atoms with E-state index in [4.69, 9.17) is 16.3 Å². The highest BCUT2D eigenvalue weighted by Crippen LogP contribution is 2.21. The highest BCUT2D eigenvalue weighted by molar-refractivity contribution is 6.30. The summed E-state index contributed by atoms with van der Waals surface area (Å²) >= 11 is 5.81. The van der Waals surface area contributed by atoms with Crippen LogP contribution >= 0.6 is 11.6 Å². The van der Waals surface area contributed by atoms with Crippen molar-refractivity contribution in [3.05, 3.63) is 34.6 Å². The molecule has 1 N–H and O–H groups in total. The van der Waals surface area contributed by atoms with E-state index in [1.165, 1.54) is 6.07 Å². The Morgan fingerprint density at radius 2 is 2.11 bits per heavy atom. The first-order chi connectivity index (χ1) is 8.88. The molecule has 19 heavy (non-hydrogen) atoms. The average molecular weight is 288 g/mol. The first-order valence-electron chi connectivity index (χ1n) is 6.60. The molecule has 0 aliphatic heterocycles. The maximum atomic E-state index is 13.1. The fourth-order valence-corrected chi connectivity index (χ4v) is 2.34. The second-order valence-corrected chi connectivity index (χ2v) is 5.78. The van der Waals surface area contributed by atoms with Crippen LogP contribution in [0.25, 0.3) is 0 Å². The van der Waals surface area contributed by atoms with Gasteiger partial charge in [0.05, 0.1) is 10.6 Å². The van der Waals surface area contributed by atoms with Crippen LogP contribution in [0.4, 0.5) is 4.39 Å². The first kappa shape index (κ1) is 16.4. The Hall–Kier alpha value is -0.640. The highest BCUT2D eigenvalue weighted by Gasteiger charge is 2.22. The molecular formula is C15H23ClFNO. The third-order valence-electron chi connectivity index (χ3n) is 3.25. The van der Waals surface area contributed by atoms with E-state index < -0.39 is 0 Å². The second kappa shape index (κ2) is 7.22. The summed E-state index contributed by atoms with van der Waals surface area (Å²) in [6.45, 7) is 7.09. The molecule has 2 nitrogen and oxygen atoms in total. The van der Waals surface area contributed by atoms with Crippen molar-refractivity contribution < 1.29 is 9.13 Å². The summed E-state index contributed by atoms with van der Waals surface area (Å²) in [6.07, 6.45) is 1.69. The van der Waals surface area contributed by atoms with Gasteiger partial charge >= 0.3 is 0 Å². The van der Waals surface area contributed by atoms with Gasteiger partial charge in [-0.05, 0) is 50.9 Å². The maximum Gasteiger partial charge on any atom is 0.141 e.